The fourth-order valence-electron chi connectivity index (χ4n) is 1.72. The van der Waals surface area contributed by atoms with Gasteiger partial charge in [-0.2, -0.15) is 0 Å². The van der Waals surface area contributed by atoms with E-state index in [0.29, 0.717) is 6.54 Å². The van der Waals surface area contributed by atoms with Gasteiger partial charge in [0, 0.05) is 12.7 Å². The largest absolute Gasteiger partial charge is 0.338 e. The fraction of sp³-hybridized carbons (Fsp3) is 0.308. The predicted octanol–water partition coefficient (Wildman–Crippen LogP) is 2.59. The Balaban J connectivity index is 2.05. The second kappa shape index (κ2) is 4.84. The van der Waals surface area contributed by atoms with E-state index in [0.717, 1.165) is 13.0 Å². The Kier molecular flexibility index (Phi) is 3.25. The fourth-order valence-corrected chi connectivity index (χ4v) is 1.72. The Morgan fingerprint density at radius 1 is 1.44 bits per heavy atom. The molecule has 0 saturated carbocycles. The first-order valence-electron chi connectivity index (χ1n) is 5.62. The predicted molar refractivity (Wildman–Crippen MR) is 64.7 cm³/mol. The number of amides is 2. The topological polar surface area (TPSA) is 32.3 Å². The SMILES string of the molecule is CCCNC(=O)N1C=Cc2ccccc2C1. The maximum absolute atomic E-state index is 11.7. The molecule has 1 aromatic rings. The first-order chi connectivity index (χ1) is 7.81. The van der Waals surface area contributed by atoms with Crippen molar-refractivity contribution in [3.05, 3.63) is 41.6 Å². The van der Waals surface area contributed by atoms with Crippen molar-refractivity contribution < 1.29 is 4.79 Å². The third kappa shape index (κ3) is 2.24. The molecule has 3 nitrogen and oxygen atoms in total. The molecule has 0 aliphatic carbocycles. The Hall–Kier alpha value is -1.77. The molecule has 1 aliphatic rings. The molecule has 0 saturated heterocycles. The minimum atomic E-state index is -0.0207. The molecule has 2 rings (SSSR count). The van der Waals surface area contributed by atoms with E-state index in [1.165, 1.54) is 11.1 Å². The van der Waals surface area contributed by atoms with Crippen LogP contribution < -0.4 is 5.32 Å². The third-order valence-electron chi connectivity index (χ3n) is 2.62. The molecular formula is C13H16N2O. The molecule has 1 N–H and O–H groups in total. The summed E-state index contributed by atoms with van der Waals surface area (Å²) in [6.07, 6.45) is 4.78. The van der Waals surface area contributed by atoms with E-state index in [2.05, 4.69) is 17.4 Å². The number of fused-ring (bicyclic) bond motifs is 1. The number of nitrogens with one attached hydrogen (secondary N) is 1. The highest BCUT2D eigenvalue weighted by Gasteiger charge is 2.15. The molecule has 1 heterocycles. The van der Waals surface area contributed by atoms with Gasteiger partial charge in [-0.15, -0.1) is 0 Å². The Morgan fingerprint density at radius 2 is 2.25 bits per heavy atom. The van der Waals surface area contributed by atoms with Crippen LogP contribution in [0.3, 0.4) is 0 Å². The maximum atomic E-state index is 11.7. The van der Waals surface area contributed by atoms with Gasteiger partial charge in [0.25, 0.3) is 0 Å². The molecule has 2 amide bonds. The van der Waals surface area contributed by atoms with Crippen molar-refractivity contribution in [3.8, 4) is 0 Å². The van der Waals surface area contributed by atoms with Crippen molar-refractivity contribution >= 4 is 12.1 Å². The van der Waals surface area contributed by atoms with Gasteiger partial charge in [0.2, 0.25) is 0 Å². The quantitative estimate of drug-likeness (QED) is 0.809. The van der Waals surface area contributed by atoms with Crippen molar-refractivity contribution in [1.82, 2.24) is 10.2 Å². The summed E-state index contributed by atoms with van der Waals surface area (Å²) in [5.41, 5.74) is 2.39. The molecule has 0 spiro atoms. The molecular weight excluding hydrogens is 200 g/mol. The Bertz CT molecular complexity index is 412. The number of nitrogens with zero attached hydrogens (tertiary/aromatic N) is 1. The molecule has 84 valence electrons. The van der Waals surface area contributed by atoms with Crippen LogP contribution >= 0.6 is 0 Å². The molecule has 0 bridgehead atoms. The van der Waals surface area contributed by atoms with E-state index >= 15 is 0 Å². The lowest BCUT2D eigenvalue weighted by Crippen LogP contribution is -2.37. The number of carbonyl (C=O) groups is 1. The van der Waals surface area contributed by atoms with Crippen LogP contribution in [-0.2, 0) is 6.54 Å². The highest BCUT2D eigenvalue weighted by atomic mass is 16.2. The lowest BCUT2D eigenvalue weighted by molar-refractivity contribution is 0.213. The van der Waals surface area contributed by atoms with E-state index in [4.69, 9.17) is 0 Å². The van der Waals surface area contributed by atoms with Gasteiger partial charge in [-0.3, -0.25) is 4.90 Å². The zero-order valence-corrected chi connectivity index (χ0v) is 9.44. The first-order valence-corrected chi connectivity index (χ1v) is 5.62. The van der Waals surface area contributed by atoms with E-state index in [1.54, 1.807) is 4.90 Å². The average molecular weight is 216 g/mol. The van der Waals surface area contributed by atoms with Crippen molar-refractivity contribution in [3.63, 3.8) is 0 Å². The van der Waals surface area contributed by atoms with Crippen molar-refractivity contribution in [2.75, 3.05) is 6.54 Å². The zero-order chi connectivity index (χ0) is 11.4. The smallest absolute Gasteiger partial charge is 0.321 e. The number of urea groups is 1. The highest BCUT2D eigenvalue weighted by molar-refractivity contribution is 5.77. The van der Waals surface area contributed by atoms with Crippen LogP contribution in [0.4, 0.5) is 4.79 Å². The standard InChI is InChI=1S/C13H16N2O/c1-2-8-14-13(16)15-9-7-11-5-3-4-6-12(11)10-15/h3-7,9H,2,8,10H2,1H3,(H,14,16). The van der Waals surface area contributed by atoms with Crippen LogP contribution in [0, 0.1) is 0 Å². The normalized spacial score (nSPS) is 13.4. The van der Waals surface area contributed by atoms with E-state index in [-0.39, 0.29) is 6.03 Å². The van der Waals surface area contributed by atoms with Crippen molar-refractivity contribution in [2.24, 2.45) is 0 Å². The second-order valence-corrected chi connectivity index (χ2v) is 3.87. The van der Waals surface area contributed by atoms with Crippen LogP contribution in [0.25, 0.3) is 6.08 Å². The van der Waals surface area contributed by atoms with E-state index in [1.807, 2.05) is 31.3 Å². The summed E-state index contributed by atoms with van der Waals surface area (Å²) in [4.78, 5) is 13.4. The maximum Gasteiger partial charge on any atom is 0.321 e. The third-order valence-corrected chi connectivity index (χ3v) is 2.62. The summed E-state index contributed by atoms with van der Waals surface area (Å²) < 4.78 is 0. The summed E-state index contributed by atoms with van der Waals surface area (Å²) in [6, 6.07) is 8.11. The molecule has 3 heteroatoms. The highest BCUT2D eigenvalue weighted by Crippen LogP contribution is 2.18. The zero-order valence-electron chi connectivity index (χ0n) is 9.44. The number of hydrogen-bond acceptors (Lipinski definition) is 1. The molecule has 16 heavy (non-hydrogen) atoms. The van der Waals surface area contributed by atoms with Gasteiger partial charge in [-0.05, 0) is 23.6 Å². The summed E-state index contributed by atoms with van der Waals surface area (Å²) in [5, 5.41) is 2.87. The minimum Gasteiger partial charge on any atom is -0.338 e. The van der Waals surface area contributed by atoms with Gasteiger partial charge >= 0.3 is 6.03 Å². The number of hydrogen-bond donors (Lipinski definition) is 1. The lowest BCUT2D eigenvalue weighted by atomic mass is 10.0. The first kappa shape index (κ1) is 10.7. The summed E-state index contributed by atoms with van der Waals surface area (Å²) in [7, 11) is 0. The number of benzene rings is 1. The van der Waals surface area contributed by atoms with Crippen molar-refractivity contribution in [1.29, 1.82) is 0 Å². The van der Waals surface area contributed by atoms with Gasteiger partial charge < -0.3 is 5.32 Å². The monoisotopic (exact) mass is 216 g/mol. The Morgan fingerprint density at radius 3 is 3.06 bits per heavy atom. The van der Waals surface area contributed by atoms with Gasteiger partial charge in [0.1, 0.15) is 0 Å². The van der Waals surface area contributed by atoms with Gasteiger partial charge in [-0.1, -0.05) is 31.2 Å². The summed E-state index contributed by atoms with van der Waals surface area (Å²) in [5.74, 6) is 0. The number of carbonyl (C=O) groups excluding carboxylic acids is 1. The van der Waals surface area contributed by atoms with E-state index < -0.39 is 0 Å². The molecule has 0 radical (unpaired) electrons. The van der Waals surface area contributed by atoms with Crippen LogP contribution in [0.1, 0.15) is 24.5 Å². The van der Waals surface area contributed by atoms with Crippen LogP contribution in [0.15, 0.2) is 30.5 Å². The van der Waals surface area contributed by atoms with Gasteiger partial charge in [0.05, 0.1) is 6.54 Å². The number of rotatable bonds is 2. The molecule has 0 atom stereocenters. The minimum absolute atomic E-state index is 0.0207. The van der Waals surface area contributed by atoms with Crippen LogP contribution in [-0.4, -0.2) is 17.5 Å². The Labute approximate surface area is 95.8 Å². The van der Waals surface area contributed by atoms with Crippen molar-refractivity contribution in [2.45, 2.75) is 19.9 Å². The molecule has 1 aromatic carbocycles. The molecule has 0 aromatic heterocycles. The second-order valence-electron chi connectivity index (χ2n) is 3.87. The molecule has 1 aliphatic heterocycles. The summed E-state index contributed by atoms with van der Waals surface area (Å²) >= 11 is 0. The lowest BCUT2D eigenvalue weighted by Gasteiger charge is -2.23. The van der Waals surface area contributed by atoms with Crippen LogP contribution in [0.2, 0.25) is 0 Å². The van der Waals surface area contributed by atoms with Gasteiger partial charge in [-0.25, -0.2) is 4.79 Å². The summed E-state index contributed by atoms with van der Waals surface area (Å²) in [6.45, 7) is 3.43. The average Bonchev–Trinajstić information content (AvgIpc) is 2.35. The molecule has 0 unspecified atom stereocenters. The van der Waals surface area contributed by atoms with E-state index in [9.17, 15) is 4.79 Å². The molecule has 0 fully saturated rings. The van der Waals surface area contributed by atoms with Gasteiger partial charge in [0.15, 0.2) is 0 Å². The van der Waals surface area contributed by atoms with Crippen LogP contribution in [0.5, 0.6) is 0 Å².